The van der Waals surface area contributed by atoms with E-state index in [1.165, 1.54) is 12.1 Å². The van der Waals surface area contributed by atoms with Crippen molar-refractivity contribution in [1.29, 1.82) is 0 Å². The van der Waals surface area contributed by atoms with E-state index in [2.05, 4.69) is 40.8 Å². The van der Waals surface area contributed by atoms with Crippen LogP contribution in [0.5, 0.6) is 0 Å². The Balaban J connectivity index is 0.000000170. The molecule has 2 atom stereocenters. The summed E-state index contributed by atoms with van der Waals surface area (Å²) in [6.45, 7) is 3.84. The third-order valence-corrected chi connectivity index (χ3v) is 12.6. The zero-order chi connectivity index (χ0) is 47.6. The number of anilines is 6. The van der Waals surface area contributed by atoms with Crippen molar-refractivity contribution in [3.63, 3.8) is 0 Å². The van der Waals surface area contributed by atoms with Gasteiger partial charge >= 0.3 is 0 Å². The molecule has 0 saturated carbocycles. The summed E-state index contributed by atoms with van der Waals surface area (Å²) >= 11 is 12.3. The Bertz CT molecular complexity index is 2990. The van der Waals surface area contributed by atoms with Crippen molar-refractivity contribution in [3.8, 4) is 22.3 Å². The molecule has 0 bridgehead atoms. The Morgan fingerprint density at radius 1 is 0.574 bits per heavy atom. The molecule has 6 aromatic heterocycles. The first-order valence-electron chi connectivity index (χ1n) is 21.7. The van der Waals surface area contributed by atoms with Crippen LogP contribution in [-0.4, -0.2) is 63.4 Å². The minimum Gasteiger partial charge on any atom is -0.325 e. The Kier molecular flexibility index (Phi) is 13.0. The lowest BCUT2D eigenvalue weighted by molar-refractivity contribution is -0.119. The fourth-order valence-electron chi connectivity index (χ4n) is 8.71. The molecule has 0 saturated heterocycles. The van der Waals surface area contributed by atoms with Crippen LogP contribution in [-0.2, 0) is 49.4 Å². The summed E-state index contributed by atoms with van der Waals surface area (Å²) in [6, 6.07) is 24.6. The summed E-state index contributed by atoms with van der Waals surface area (Å²) in [7, 11) is 3.66. The number of carbonyl (C=O) groups is 2. The molecule has 0 unspecified atom stereocenters. The summed E-state index contributed by atoms with van der Waals surface area (Å²) in [6.07, 6.45) is 11.1. The van der Waals surface area contributed by atoms with Gasteiger partial charge in [-0.3, -0.25) is 19.0 Å². The summed E-state index contributed by atoms with van der Waals surface area (Å²) in [5.74, 6) is 1.56. The van der Waals surface area contributed by atoms with E-state index in [4.69, 9.17) is 23.2 Å². The van der Waals surface area contributed by atoms with Gasteiger partial charge in [0, 0.05) is 63.1 Å². The smallest absolute Gasteiger partial charge is 0.231 e. The summed E-state index contributed by atoms with van der Waals surface area (Å²) < 4.78 is 34.3. The van der Waals surface area contributed by atoms with Crippen molar-refractivity contribution < 1.29 is 18.4 Å². The van der Waals surface area contributed by atoms with Crippen LogP contribution in [0.15, 0.2) is 122 Å². The number of hydrogen-bond acceptors (Lipinski definition) is 10. The third kappa shape index (κ3) is 9.50. The van der Waals surface area contributed by atoms with Crippen molar-refractivity contribution >= 4 is 69.7 Å². The molecule has 18 heteroatoms. The molecule has 2 aliphatic heterocycles. The van der Waals surface area contributed by atoms with Crippen LogP contribution < -0.4 is 20.4 Å². The zero-order valence-corrected chi connectivity index (χ0v) is 38.8. The van der Waals surface area contributed by atoms with Gasteiger partial charge in [0.05, 0.1) is 36.6 Å². The van der Waals surface area contributed by atoms with Gasteiger partial charge in [0.25, 0.3) is 0 Å². The standard InChI is InChI=1S/2C25H22ClFN6O/c2*1-15-10-19-11-18(16-5-8-28-21(13-16)31-22-6-9-30-32(22)2)12-20(27)24(19)33(15)23(34)14-17-4-3-7-29-25(17)26/h2*3-9,11-13,15H,10,14H2,1-2H3,(H,28,31)/t2*15-/m10/s1. The largest absolute Gasteiger partial charge is 0.325 e. The first-order chi connectivity index (χ1) is 32.8. The summed E-state index contributed by atoms with van der Waals surface area (Å²) in [4.78, 5) is 46.1. The minimum absolute atomic E-state index is 0.0606. The van der Waals surface area contributed by atoms with Gasteiger partial charge < -0.3 is 20.4 Å². The van der Waals surface area contributed by atoms with Gasteiger partial charge in [0.15, 0.2) is 0 Å². The van der Waals surface area contributed by atoms with Gasteiger partial charge in [0.2, 0.25) is 11.8 Å². The second kappa shape index (κ2) is 19.3. The molecule has 2 aromatic carbocycles. The van der Waals surface area contributed by atoms with Gasteiger partial charge in [0.1, 0.15) is 45.2 Å². The fourth-order valence-corrected chi connectivity index (χ4v) is 9.08. The lowest BCUT2D eigenvalue weighted by atomic mass is 10.0. The molecule has 2 amide bonds. The van der Waals surface area contributed by atoms with Crippen molar-refractivity contribution in [1.82, 2.24) is 39.5 Å². The molecule has 8 heterocycles. The SMILES string of the molecule is C[C@@H]1Cc2cc(-c3ccnc(Nc4ccnn4C)c3)cc(F)c2N1C(=O)Cc1cccnc1Cl.C[C@H]1Cc2cc(-c3ccnc(Nc4ccnn4C)c3)cc(F)c2N1C(=O)Cc1cccnc1Cl. The zero-order valence-electron chi connectivity index (χ0n) is 37.3. The average Bonchev–Trinajstić information content (AvgIpc) is 4.10. The number of pyridine rings is 4. The molecule has 68 heavy (non-hydrogen) atoms. The van der Waals surface area contributed by atoms with Crippen LogP contribution in [0.4, 0.5) is 43.4 Å². The first kappa shape index (κ1) is 45.6. The number of rotatable bonds is 10. The minimum atomic E-state index is -0.430. The molecular weight excluding hydrogens is 910 g/mol. The van der Waals surface area contributed by atoms with E-state index in [0.29, 0.717) is 47.0 Å². The highest BCUT2D eigenvalue weighted by Crippen LogP contribution is 2.41. The molecule has 8 aromatic rings. The van der Waals surface area contributed by atoms with E-state index in [0.717, 1.165) is 45.0 Å². The quantitative estimate of drug-likeness (QED) is 0.127. The number of aryl methyl sites for hydroxylation is 2. The maximum Gasteiger partial charge on any atom is 0.231 e. The Hall–Kier alpha value is -7.56. The molecule has 344 valence electrons. The average molecular weight is 954 g/mol. The number of halogens is 4. The maximum atomic E-state index is 15.4. The van der Waals surface area contributed by atoms with Crippen LogP contribution in [0.3, 0.4) is 0 Å². The topological polar surface area (TPSA) is 152 Å². The van der Waals surface area contributed by atoms with E-state index in [9.17, 15) is 9.59 Å². The predicted molar refractivity (Wildman–Crippen MR) is 259 cm³/mol. The third-order valence-electron chi connectivity index (χ3n) is 11.9. The van der Waals surface area contributed by atoms with E-state index in [1.807, 2.05) is 76.5 Å². The number of fused-ring (bicyclic) bond motifs is 2. The molecular formula is C50H44Cl2F2N12O2. The fraction of sp³-hybridized carbons (Fsp3) is 0.200. The van der Waals surface area contributed by atoms with E-state index >= 15 is 8.78 Å². The van der Waals surface area contributed by atoms with Crippen molar-refractivity contribution in [2.75, 3.05) is 20.4 Å². The van der Waals surface area contributed by atoms with Gasteiger partial charge in [-0.25, -0.2) is 28.7 Å². The van der Waals surface area contributed by atoms with Gasteiger partial charge in [-0.1, -0.05) is 35.3 Å². The van der Waals surface area contributed by atoms with Crippen molar-refractivity contribution in [3.05, 3.63) is 166 Å². The second-order valence-corrected chi connectivity index (χ2v) is 17.3. The highest BCUT2D eigenvalue weighted by Gasteiger charge is 2.36. The second-order valence-electron chi connectivity index (χ2n) is 16.6. The van der Waals surface area contributed by atoms with Gasteiger partial charge in [-0.05, 0) is 132 Å². The molecule has 2 aliphatic rings. The number of carbonyl (C=O) groups excluding carboxylic acids is 2. The number of hydrogen-bond donors (Lipinski definition) is 2. The van der Waals surface area contributed by atoms with E-state index in [-0.39, 0.29) is 47.0 Å². The highest BCUT2D eigenvalue weighted by atomic mass is 35.5. The Morgan fingerprint density at radius 2 is 1.00 bits per heavy atom. The number of aromatic nitrogens is 8. The summed E-state index contributed by atoms with van der Waals surface area (Å²) in [5, 5.41) is 15.3. The first-order valence-corrected chi connectivity index (χ1v) is 22.5. The maximum absolute atomic E-state index is 15.4. The Labute approximate surface area is 400 Å². The molecule has 0 radical (unpaired) electrons. The monoisotopic (exact) mass is 952 g/mol. The molecule has 10 rings (SSSR count). The van der Waals surface area contributed by atoms with Gasteiger partial charge in [-0.2, -0.15) is 10.2 Å². The van der Waals surface area contributed by atoms with Crippen LogP contribution in [0, 0.1) is 11.6 Å². The predicted octanol–water partition coefficient (Wildman–Crippen LogP) is 9.87. The molecule has 0 fully saturated rings. The molecule has 2 N–H and O–H groups in total. The van der Waals surface area contributed by atoms with Crippen LogP contribution >= 0.6 is 23.2 Å². The van der Waals surface area contributed by atoms with Crippen molar-refractivity contribution in [2.24, 2.45) is 14.1 Å². The number of amides is 2. The lowest BCUT2D eigenvalue weighted by Crippen LogP contribution is -2.37. The Morgan fingerprint density at radius 3 is 1.38 bits per heavy atom. The number of nitrogens with zero attached hydrogens (tertiary/aromatic N) is 10. The van der Waals surface area contributed by atoms with E-state index in [1.54, 1.807) is 80.6 Å². The number of nitrogens with one attached hydrogen (secondary N) is 2. The van der Waals surface area contributed by atoms with E-state index < -0.39 is 11.6 Å². The normalized spacial score (nSPS) is 14.8. The molecule has 0 aliphatic carbocycles. The van der Waals surface area contributed by atoms with Crippen LogP contribution in [0.2, 0.25) is 10.3 Å². The summed E-state index contributed by atoms with van der Waals surface area (Å²) in [5.41, 5.74) is 6.60. The number of benzene rings is 2. The lowest BCUT2D eigenvalue weighted by Gasteiger charge is -2.23. The van der Waals surface area contributed by atoms with Gasteiger partial charge in [-0.15, -0.1) is 0 Å². The molecule has 0 spiro atoms. The molecule has 14 nitrogen and oxygen atoms in total. The van der Waals surface area contributed by atoms with Crippen LogP contribution in [0.1, 0.15) is 36.1 Å². The van der Waals surface area contributed by atoms with Crippen LogP contribution in [0.25, 0.3) is 22.3 Å². The van der Waals surface area contributed by atoms with Crippen molar-refractivity contribution in [2.45, 2.75) is 51.6 Å². The highest BCUT2D eigenvalue weighted by molar-refractivity contribution is 6.30.